The molecule has 2 aromatic carbocycles. The van der Waals surface area contributed by atoms with E-state index in [9.17, 15) is 14.3 Å². The molecule has 3 rings (SSSR count). The minimum absolute atomic E-state index is 0.00897. The molecule has 0 aromatic heterocycles. The maximum atomic E-state index is 13.2. The zero-order chi connectivity index (χ0) is 18.7. The zero-order valence-corrected chi connectivity index (χ0v) is 15.3. The number of anilines is 2. The van der Waals surface area contributed by atoms with Crippen molar-refractivity contribution in [1.82, 2.24) is 0 Å². The second-order valence-corrected chi connectivity index (χ2v) is 6.91. The summed E-state index contributed by atoms with van der Waals surface area (Å²) < 4.78 is 13.2. The molecule has 1 heterocycles. The monoisotopic (exact) mass is 378 g/mol. The van der Waals surface area contributed by atoms with Gasteiger partial charge in [-0.05, 0) is 49.4 Å². The topological polar surface area (TPSA) is 57.0 Å². The van der Waals surface area contributed by atoms with Crippen LogP contribution in [0.25, 0.3) is 0 Å². The highest BCUT2D eigenvalue weighted by atomic mass is 35.5. The van der Waals surface area contributed by atoms with E-state index >= 15 is 0 Å². The number of nitrogens with zero attached hydrogens (tertiary/aromatic N) is 1. The summed E-state index contributed by atoms with van der Waals surface area (Å²) in [5.41, 5.74) is 1.57. The number of phenols is 1. The van der Waals surface area contributed by atoms with Gasteiger partial charge >= 0.3 is 0 Å². The number of hydrogen-bond acceptors (Lipinski definition) is 3. The van der Waals surface area contributed by atoms with Crippen molar-refractivity contribution >= 4 is 28.9 Å². The van der Waals surface area contributed by atoms with Crippen molar-refractivity contribution in [3.05, 3.63) is 53.3 Å². The average Bonchev–Trinajstić information content (AvgIpc) is 2.65. The van der Waals surface area contributed by atoms with E-state index in [1.54, 1.807) is 12.1 Å². The molecule has 7 heteroatoms. The average molecular weight is 379 g/mol. The van der Waals surface area contributed by atoms with Crippen LogP contribution in [0.3, 0.4) is 0 Å². The van der Waals surface area contributed by atoms with Crippen LogP contribution in [0.1, 0.15) is 6.92 Å². The van der Waals surface area contributed by atoms with Crippen LogP contribution in [-0.4, -0.2) is 43.2 Å². The molecule has 3 N–H and O–H groups in total. The second kappa shape index (κ2) is 7.93. The van der Waals surface area contributed by atoms with Gasteiger partial charge in [-0.3, -0.25) is 4.79 Å². The van der Waals surface area contributed by atoms with Crippen molar-refractivity contribution in [3.8, 4) is 5.75 Å². The Hall–Kier alpha value is -2.31. The van der Waals surface area contributed by atoms with Crippen molar-refractivity contribution in [3.63, 3.8) is 0 Å². The first-order valence-corrected chi connectivity index (χ1v) is 8.96. The predicted molar refractivity (Wildman–Crippen MR) is 101 cm³/mol. The summed E-state index contributed by atoms with van der Waals surface area (Å²) in [4.78, 5) is 15.9. The molecule has 5 nitrogen and oxygen atoms in total. The van der Waals surface area contributed by atoms with Crippen molar-refractivity contribution in [1.29, 1.82) is 0 Å². The summed E-state index contributed by atoms with van der Waals surface area (Å²) in [5, 5.41) is 12.2. The largest absolute Gasteiger partial charge is 0.508 e. The number of amides is 1. The molecule has 1 amide bonds. The number of hydrogen-bond donors (Lipinski definition) is 3. The van der Waals surface area contributed by atoms with Crippen LogP contribution < -0.4 is 15.1 Å². The third-order valence-electron chi connectivity index (χ3n) is 4.81. The number of nitrogens with one attached hydrogen (secondary N) is 2. The number of aromatic hydroxyl groups is 1. The summed E-state index contributed by atoms with van der Waals surface area (Å²) in [5.74, 6) is -0.362. The Morgan fingerprint density at radius 1 is 1.23 bits per heavy atom. The van der Waals surface area contributed by atoms with Crippen LogP contribution in [0.5, 0.6) is 5.75 Å². The van der Waals surface area contributed by atoms with E-state index in [0.29, 0.717) is 5.69 Å². The summed E-state index contributed by atoms with van der Waals surface area (Å²) in [6, 6.07) is 11.1. The zero-order valence-electron chi connectivity index (χ0n) is 14.5. The van der Waals surface area contributed by atoms with E-state index in [0.717, 1.165) is 31.9 Å². The first-order valence-electron chi connectivity index (χ1n) is 8.58. The highest BCUT2D eigenvalue weighted by Gasteiger charge is 2.29. The van der Waals surface area contributed by atoms with Crippen LogP contribution in [0, 0.1) is 5.82 Å². The van der Waals surface area contributed by atoms with Gasteiger partial charge in [-0.2, -0.15) is 0 Å². The quantitative estimate of drug-likeness (QED) is 0.762. The molecule has 1 aliphatic heterocycles. The van der Waals surface area contributed by atoms with E-state index < -0.39 is 5.82 Å². The number of carbonyl (C=O) groups excluding carboxylic acids is 1. The molecule has 0 unspecified atom stereocenters. The Morgan fingerprint density at radius 3 is 2.50 bits per heavy atom. The number of benzene rings is 2. The molecule has 0 aliphatic carbocycles. The fraction of sp³-hybridized carbons (Fsp3) is 0.316. The molecule has 0 radical (unpaired) electrons. The lowest BCUT2D eigenvalue weighted by Crippen LogP contribution is -3.19. The first kappa shape index (κ1) is 18.5. The smallest absolute Gasteiger partial charge is 0.282 e. The normalized spacial score (nSPS) is 16.3. The molecule has 1 fully saturated rings. The molecule has 2 aromatic rings. The van der Waals surface area contributed by atoms with Gasteiger partial charge in [0.05, 0.1) is 31.2 Å². The van der Waals surface area contributed by atoms with Gasteiger partial charge in [0.25, 0.3) is 5.91 Å². The number of piperazine rings is 1. The maximum Gasteiger partial charge on any atom is 0.282 e. The van der Waals surface area contributed by atoms with Gasteiger partial charge in [-0.25, -0.2) is 4.39 Å². The Balaban J connectivity index is 1.55. The fourth-order valence-corrected chi connectivity index (χ4v) is 3.34. The van der Waals surface area contributed by atoms with Crippen LogP contribution in [0.15, 0.2) is 42.5 Å². The standard InChI is InChI=1S/C19H21ClFN3O2/c1-13(19(26)22-14-2-7-18(21)17(20)12-14)23-8-10-24(11-9-23)15-3-5-16(25)6-4-15/h2-7,12-13,25H,8-11H2,1H3,(H,22,26)/p+1/t13-/m0/s1. The molecule has 1 saturated heterocycles. The van der Waals surface area contributed by atoms with E-state index in [1.807, 2.05) is 19.1 Å². The Labute approximate surface area is 157 Å². The number of carbonyl (C=O) groups is 1. The van der Waals surface area contributed by atoms with E-state index in [-0.39, 0.29) is 22.7 Å². The van der Waals surface area contributed by atoms with Gasteiger partial charge in [0.1, 0.15) is 11.6 Å². The molecule has 0 spiro atoms. The number of quaternary nitrogens is 1. The predicted octanol–water partition coefficient (Wildman–Crippen LogP) is 1.92. The van der Waals surface area contributed by atoms with Gasteiger partial charge in [-0.15, -0.1) is 0 Å². The molecule has 1 atom stereocenters. The minimum Gasteiger partial charge on any atom is -0.508 e. The second-order valence-electron chi connectivity index (χ2n) is 6.50. The van der Waals surface area contributed by atoms with Crippen LogP contribution in [-0.2, 0) is 4.79 Å². The van der Waals surface area contributed by atoms with Crippen molar-refractivity contribution < 1.29 is 19.2 Å². The van der Waals surface area contributed by atoms with Gasteiger partial charge in [-0.1, -0.05) is 11.6 Å². The number of halogens is 2. The third-order valence-corrected chi connectivity index (χ3v) is 5.10. The summed E-state index contributed by atoms with van der Waals surface area (Å²) >= 11 is 5.76. The van der Waals surface area contributed by atoms with Crippen molar-refractivity contribution in [2.75, 3.05) is 36.4 Å². The van der Waals surface area contributed by atoms with Crippen molar-refractivity contribution in [2.45, 2.75) is 13.0 Å². The highest BCUT2D eigenvalue weighted by molar-refractivity contribution is 6.31. The molecule has 0 bridgehead atoms. The third kappa shape index (κ3) is 4.26. The van der Waals surface area contributed by atoms with E-state index in [4.69, 9.17) is 11.6 Å². The van der Waals surface area contributed by atoms with Crippen molar-refractivity contribution in [2.24, 2.45) is 0 Å². The lowest BCUT2D eigenvalue weighted by atomic mass is 10.2. The van der Waals surface area contributed by atoms with E-state index in [2.05, 4.69) is 10.2 Å². The van der Waals surface area contributed by atoms with Crippen LogP contribution in [0.4, 0.5) is 15.8 Å². The lowest BCUT2D eigenvalue weighted by molar-refractivity contribution is -0.914. The molecule has 26 heavy (non-hydrogen) atoms. The molecule has 1 aliphatic rings. The summed E-state index contributed by atoms with van der Waals surface area (Å²) in [6.45, 7) is 5.23. The van der Waals surface area contributed by atoms with Gasteiger partial charge in [0.2, 0.25) is 0 Å². The Bertz CT molecular complexity index is 777. The molecule has 138 valence electrons. The number of rotatable bonds is 4. The first-order chi connectivity index (χ1) is 12.4. The van der Waals surface area contributed by atoms with Gasteiger partial charge in [0.15, 0.2) is 6.04 Å². The molecule has 0 saturated carbocycles. The summed E-state index contributed by atoms with van der Waals surface area (Å²) in [6.07, 6.45) is 0. The van der Waals surface area contributed by atoms with Crippen LogP contribution in [0.2, 0.25) is 5.02 Å². The maximum absolute atomic E-state index is 13.2. The summed E-state index contributed by atoms with van der Waals surface area (Å²) in [7, 11) is 0. The molecular weight excluding hydrogens is 357 g/mol. The SMILES string of the molecule is C[C@@H](C(=O)Nc1ccc(F)c(Cl)c1)[NH+]1CCN(c2ccc(O)cc2)CC1. The minimum atomic E-state index is -0.506. The Kier molecular flexibility index (Phi) is 5.64. The number of phenolic OH excluding ortho intramolecular Hbond substituents is 1. The highest BCUT2D eigenvalue weighted by Crippen LogP contribution is 2.20. The Morgan fingerprint density at radius 2 is 1.88 bits per heavy atom. The lowest BCUT2D eigenvalue weighted by Gasteiger charge is -2.36. The van der Waals surface area contributed by atoms with Gasteiger partial charge < -0.3 is 20.2 Å². The molecular formula is C19H22ClFN3O2+. The van der Waals surface area contributed by atoms with Gasteiger partial charge in [0, 0.05) is 11.4 Å². The van der Waals surface area contributed by atoms with E-state index in [1.165, 1.54) is 23.1 Å². The van der Waals surface area contributed by atoms with Crippen LogP contribution >= 0.6 is 11.6 Å². The fourth-order valence-electron chi connectivity index (χ4n) is 3.16.